The van der Waals surface area contributed by atoms with Gasteiger partial charge in [0.15, 0.2) is 0 Å². The molecule has 0 aliphatic heterocycles. The van der Waals surface area contributed by atoms with Gasteiger partial charge in [0.25, 0.3) is 0 Å². The highest BCUT2D eigenvalue weighted by atomic mass is 32.1. The zero-order valence-corrected chi connectivity index (χ0v) is 15.3. The lowest BCUT2D eigenvalue weighted by molar-refractivity contribution is -0.140. The van der Waals surface area contributed by atoms with Crippen LogP contribution in [-0.2, 0) is 28.5 Å². The number of nitrogens with zero attached hydrogens (tertiary/aromatic N) is 2. The van der Waals surface area contributed by atoms with E-state index in [2.05, 4.69) is 18.9 Å². The van der Waals surface area contributed by atoms with Crippen LogP contribution in [0.2, 0.25) is 0 Å². The van der Waals surface area contributed by atoms with Gasteiger partial charge in [0.05, 0.1) is 28.4 Å². The quantitative estimate of drug-likeness (QED) is 0.479. The van der Waals surface area contributed by atoms with E-state index in [1.807, 2.05) is 0 Å². The number of carbonyl (C=O) groups is 4. The minimum absolute atomic E-state index is 0.0316. The highest BCUT2D eigenvalue weighted by Crippen LogP contribution is 2.37. The third-order valence-electron chi connectivity index (χ3n) is 3.14. The van der Waals surface area contributed by atoms with Gasteiger partial charge in [0.2, 0.25) is 0 Å². The van der Waals surface area contributed by atoms with E-state index in [0.717, 1.165) is 28.4 Å². The van der Waals surface area contributed by atoms with E-state index in [1.165, 1.54) is 4.90 Å². The molecular formula is C15H16N2O8S. The molecule has 0 atom stereocenters. The number of carbonyl (C=O) groups excluding carboxylic acids is 4. The number of nitriles is 1. The SMILES string of the molecule is COC(=O)CN(CC(=O)OC)c1sc(C(=O)OC)c(C(=O)OC)c1C#N. The minimum atomic E-state index is -0.930. The van der Waals surface area contributed by atoms with E-state index in [9.17, 15) is 24.4 Å². The topological polar surface area (TPSA) is 132 Å². The van der Waals surface area contributed by atoms with Crippen LogP contribution in [0.5, 0.6) is 0 Å². The lowest BCUT2D eigenvalue weighted by Crippen LogP contribution is -2.35. The summed E-state index contributed by atoms with van der Waals surface area (Å²) in [6.07, 6.45) is 0. The van der Waals surface area contributed by atoms with Crippen LogP contribution >= 0.6 is 11.3 Å². The number of ether oxygens (including phenoxy) is 4. The van der Waals surface area contributed by atoms with E-state index in [1.54, 1.807) is 6.07 Å². The molecule has 0 amide bonds. The van der Waals surface area contributed by atoms with Crippen molar-refractivity contribution < 1.29 is 38.1 Å². The molecule has 1 aromatic rings. The monoisotopic (exact) mass is 384 g/mol. The maximum absolute atomic E-state index is 12.1. The Labute approximate surface area is 152 Å². The van der Waals surface area contributed by atoms with Crippen LogP contribution in [0.3, 0.4) is 0 Å². The second-order valence-electron chi connectivity index (χ2n) is 4.59. The normalized spacial score (nSPS) is 9.65. The second kappa shape index (κ2) is 9.38. The number of thiophene rings is 1. The molecule has 0 aliphatic carbocycles. The molecule has 0 saturated heterocycles. The standard InChI is InChI=1S/C15H16N2O8S/c1-22-9(18)6-17(7-10(19)23-2)13-8(5-16)11(14(20)24-3)12(26-13)15(21)25-4/h6-7H2,1-4H3. The predicted octanol–water partition coefficient (Wildman–Crippen LogP) is 0.345. The zero-order chi connectivity index (χ0) is 19.9. The summed E-state index contributed by atoms with van der Waals surface area (Å²) in [7, 11) is 4.49. The van der Waals surface area contributed by atoms with Crippen molar-refractivity contribution >= 4 is 40.2 Å². The smallest absolute Gasteiger partial charge is 0.349 e. The maximum atomic E-state index is 12.1. The van der Waals surface area contributed by atoms with Crippen molar-refractivity contribution in [1.82, 2.24) is 0 Å². The van der Waals surface area contributed by atoms with E-state index in [0.29, 0.717) is 11.3 Å². The Morgan fingerprint density at radius 2 is 1.42 bits per heavy atom. The number of hydrogen-bond donors (Lipinski definition) is 0. The molecule has 0 aliphatic rings. The van der Waals surface area contributed by atoms with Gasteiger partial charge in [-0.2, -0.15) is 5.26 Å². The molecule has 0 unspecified atom stereocenters. The molecule has 11 heteroatoms. The minimum Gasteiger partial charge on any atom is -0.468 e. The molecule has 0 saturated carbocycles. The first kappa shape index (κ1) is 20.9. The average Bonchev–Trinajstić information content (AvgIpc) is 3.05. The molecule has 0 radical (unpaired) electrons. The summed E-state index contributed by atoms with van der Waals surface area (Å²) in [5.74, 6) is -3.20. The fraction of sp³-hybridized carbons (Fsp3) is 0.400. The maximum Gasteiger partial charge on any atom is 0.349 e. The van der Waals surface area contributed by atoms with Crippen molar-refractivity contribution in [3.05, 3.63) is 16.0 Å². The van der Waals surface area contributed by atoms with Crippen LogP contribution in [0.25, 0.3) is 0 Å². The van der Waals surface area contributed by atoms with Gasteiger partial charge in [-0.3, -0.25) is 9.59 Å². The largest absolute Gasteiger partial charge is 0.468 e. The highest BCUT2D eigenvalue weighted by molar-refractivity contribution is 7.18. The molecule has 0 spiro atoms. The van der Waals surface area contributed by atoms with E-state index >= 15 is 0 Å². The highest BCUT2D eigenvalue weighted by Gasteiger charge is 2.32. The third kappa shape index (κ3) is 4.48. The van der Waals surface area contributed by atoms with Crippen LogP contribution in [0.4, 0.5) is 5.00 Å². The Bertz CT molecular complexity index is 746. The zero-order valence-electron chi connectivity index (χ0n) is 14.5. The Morgan fingerprint density at radius 1 is 0.923 bits per heavy atom. The Kier molecular flexibility index (Phi) is 7.54. The van der Waals surface area contributed by atoms with Gasteiger partial charge in [-0.05, 0) is 0 Å². The lowest BCUT2D eigenvalue weighted by atomic mass is 10.1. The summed E-state index contributed by atoms with van der Waals surface area (Å²) in [6.45, 7) is -0.829. The number of rotatable bonds is 7. The van der Waals surface area contributed by atoms with Crippen molar-refractivity contribution in [1.29, 1.82) is 5.26 Å². The Morgan fingerprint density at radius 3 is 1.81 bits per heavy atom. The van der Waals surface area contributed by atoms with Crippen molar-refractivity contribution in [3.8, 4) is 6.07 Å². The summed E-state index contributed by atoms with van der Waals surface area (Å²) in [5, 5.41) is 9.51. The van der Waals surface area contributed by atoms with Crippen LogP contribution in [0.1, 0.15) is 25.6 Å². The van der Waals surface area contributed by atoms with Crippen LogP contribution < -0.4 is 4.90 Å². The molecule has 0 N–H and O–H groups in total. The van der Waals surface area contributed by atoms with Gasteiger partial charge >= 0.3 is 23.9 Å². The number of esters is 4. The number of hydrogen-bond acceptors (Lipinski definition) is 11. The van der Waals surface area contributed by atoms with Crippen molar-refractivity contribution in [2.45, 2.75) is 0 Å². The van der Waals surface area contributed by atoms with Gasteiger partial charge in [-0.25, -0.2) is 9.59 Å². The van der Waals surface area contributed by atoms with Gasteiger partial charge < -0.3 is 23.8 Å². The predicted molar refractivity (Wildman–Crippen MR) is 88.0 cm³/mol. The van der Waals surface area contributed by atoms with E-state index < -0.39 is 37.0 Å². The molecule has 1 rings (SSSR count). The molecule has 0 bridgehead atoms. The average molecular weight is 384 g/mol. The molecule has 140 valence electrons. The van der Waals surface area contributed by atoms with Crippen molar-refractivity contribution in [2.24, 2.45) is 0 Å². The second-order valence-corrected chi connectivity index (χ2v) is 5.59. The van der Waals surface area contributed by atoms with Gasteiger partial charge in [-0.1, -0.05) is 0 Å². The summed E-state index contributed by atoms with van der Waals surface area (Å²) < 4.78 is 18.4. The summed E-state index contributed by atoms with van der Waals surface area (Å²) in [6, 6.07) is 1.80. The molecule has 0 aromatic carbocycles. The first-order chi connectivity index (χ1) is 12.3. The van der Waals surface area contributed by atoms with Gasteiger partial charge in [-0.15, -0.1) is 11.3 Å². The molecule has 1 heterocycles. The van der Waals surface area contributed by atoms with E-state index in [-0.39, 0.29) is 21.0 Å². The summed E-state index contributed by atoms with van der Waals surface area (Å²) in [4.78, 5) is 48.3. The van der Waals surface area contributed by atoms with Crippen molar-refractivity contribution in [2.75, 3.05) is 46.4 Å². The van der Waals surface area contributed by atoms with Crippen LogP contribution in [0, 0.1) is 11.3 Å². The van der Waals surface area contributed by atoms with Crippen LogP contribution in [-0.4, -0.2) is 65.4 Å². The lowest BCUT2D eigenvalue weighted by Gasteiger charge is -2.20. The Balaban J connectivity index is 3.58. The molecule has 10 nitrogen and oxygen atoms in total. The molecule has 1 aromatic heterocycles. The van der Waals surface area contributed by atoms with E-state index in [4.69, 9.17) is 0 Å². The van der Waals surface area contributed by atoms with Gasteiger partial charge in [0, 0.05) is 0 Å². The summed E-state index contributed by atoms with van der Waals surface area (Å²) in [5.41, 5.74) is -0.531. The summed E-state index contributed by atoms with van der Waals surface area (Å²) >= 11 is 0.713. The fourth-order valence-corrected chi connectivity index (χ4v) is 3.07. The third-order valence-corrected chi connectivity index (χ3v) is 4.37. The van der Waals surface area contributed by atoms with Crippen molar-refractivity contribution in [3.63, 3.8) is 0 Å². The molecule has 26 heavy (non-hydrogen) atoms. The van der Waals surface area contributed by atoms with Gasteiger partial charge in [0.1, 0.15) is 40.2 Å². The molecular weight excluding hydrogens is 368 g/mol. The van der Waals surface area contributed by atoms with Crippen LogP contribution in [0.15, 0.2) is 0 Å². The molecule has 0 fully saturated rings. The Hall–Kier alpha value is -3.13. The number of methoxy groups -OCH3 is 4. The number of anilines is 1. The first-order valence-corrected chi connectivity index (χ1v) is 7.78. The fourth-order valence-electron chi connectivity index (χ4n) is 1.92. The first-order valence-electron chi connectivity index (χ1n) is 6.96.